The van der Waals surface area contributed by atoms with Crippen LogP contribution >= 0.6 is 0 Å². The number of carbonyl (C=O) groups is 1. The Bertz CT molecular complexity index is 665. The van der Waals surface area contributed by atoms with Gasteiger partial charge in [-0.15, -0.1) is 0 Å². The van der Waals surface area contributed by atoms with Gasteiger partial charge in [-0.3, -0.25) is 4.79 Å². The van der Waals surface area contributed by atoms with E-state index in [0.717, 1.165) is 6.20 Å². The third kappa shape index (κ3) is 2.69. The maximum Gasteiger partial charge on any atom is 0.434 e. The molecule has 1 amide bonds. The quantitative estimate of drug-likeness (QED) is 0.946. The number of hydrogen-bond donors (Lipinski definition) is 1. The molecule has 2 aromatic rings. The molecular weight excluding hydrogens is 287 g/mol. The van der Waals surface area contributed by atoms with Crippen molar-refractivity contribution in [2.75, 3.05) is 14.2 Å². The highest BCUT2D eigenvalue weighted by Gasteiger charge is 2.40. The summed E-state index contributed by atoms with van der Waals surface area (Å²) < 4.78 is 45.5. The Morgan fingerprint density at radius 2 is 2.00 bits per heavy atom. The number of hydrogen-bond acceptors (Lipinski definition) is 3. The highest BCUT2D eigenvalue weighted by atomic mass is 19.4. The van der Waals surface area contributed by atoms with Crippen LogP contribution in [0.5, 0.6) is 5.75 Å². The fourth-order valence-electron chi connectivity index (χ4n) is 1.91. The lowest BCUT2D eigenvalue weighted by Crippen LogP contribution is -2.23. The van der Waals surface area contributed by atoms with Gasteiger partial charge in [-0.1, -0.05) is 12.1 Å². The summed E-state index contributed by atoms with van der Waals surface area (Å²) >= 11 is 0. The molecule has 0 bridgehead atoms. The molecule has 0 spiro atoms. The summed E-state index contributed by atoms with van der Waals surface area (Å²) in [6.07, 6.45) is -3.85. The number of nitrogens with zero attached hydrogens (tertiary/aromatic N) is 2. The van der Waals surface area contributed by atoms with Crippen molar-refractivity contribution in [3.05, 3.63) is 41.7 Å². The lowest BCUT2D eigenvalue weighted by molar-refractivity contribution is -0.143. The molecule has 0 saturated carbocycles. The largest absolute Gasteiger partial charge is 0.494 e. The Balaban J connectivity index is 2.70. The van der Waals surface area contributed by atoms with Crippen LogP contribution in [0.15, 0.2) is 30.5 Å². The number of carbonyl (C=O) groups excluding carboxylic acids is 1. The zero-order valence-corrected chi connectivity index (χ0v) is 11.2. The van der Waals surface area contributed by atoms with Gasteiger partial charge in [-0.05, 0) is 12.1 Å². The minimum atomic E-state index is -4.74. The third-order valence-corrected chi connectivity index (χ3v) is 2.82. The molecule has 0 unspecified atom stereocenters. The second kappa shape index (κ2) is 5.47. The molecule has 1 aromatic heterocycles. The fraction of sp³-hybridized carbons (Fsp3) is 0.231. The second-order valence-corrected chi connectivity index (χ2v) is 4.07. The molecule has 8 heteroatoms. The van der Waals surface area contributed by atoms with Gasteiger partial charge in [0, 0.05) is 7.05 Å². The molecule has 0 saturated heterocycles. The van der Waals surface area contributed by atoms with Crippen LogP contribution in [0.1, 0.15) is 16.1 Å². The van der Waals surface area contributed by atoms with E-state index in [2.05, 4.69) is 10.4 Å². The number of nitrogens with one attached hydrogen (secondary N) is 1. The number of ether oxygens (including phenoxy) is 1. The van der Waals surface area contributed by atoms with E-state index in [9.17, 15) is 18.0 Å². The average molecular weight is 299 g/mol. The highest BCUT2D eigenvalue weighted by Crippen LogP contribution is 2.35. The van der Waals surface area contributed by atoms with E-state index in [0.29, 0.717) is 4.68 Å². The van der Waals surface area contributed by atoms with E-state index >= 15 is 0 Å². The number of alkyl halides is 3. The van der Waals surface area contributed by atoms with E-state index in [1.807, 2.05) is 0 Å². The van der Waals surface area contributed by atoms with Crippen LogP contribution < -0.4 is 10.1 Å². The third-order valence-electron chi connectivity index (χ3n) is 2.82. The average Bonchev–Trinajstić information content (AvgIpc) is 2.91. The lowest BCUT2D eigenvalue weighted by atomic mass is 10.2. The van der Waals surface area contributed by atoms with E-state index in [-0.39, 0.29) is 11.4 Å². The Labute approximate surface area is 118 Å². The second-order valence-electron chi connectivity index (χ2n) is 4.07. The van der Waals surface area contributed by atoms with Crippen molar-refractivity contribution in [2.45, 2.75) is 6.18 Å². The van der Waals surface area contributed by atoms with Crippen molar-refractivity contribution in [1.29, 1.82) is 0 Å². The topological polar surface area (TPSA) is 56.2 Å². The number of methoxy groups -OCH3 is 1. The first kappa shape index (κ1) is 14.9. The number of halogens is 3. The maximum absolute atomic E-state index is 13.3. The number of para-hydroxylation sites is 2. The van der Waals surface area contributed by atoms with Crippen molar-refractivity contribution < 1.29 is 22.7 Å². The molecule has 0 aliphatic heterocycles. The van der Waals surface area contributed by atoms with E-state index in [1.54, 1.807) is 12.1 Å². The van der Waals surface area contributed by atoms with Gasteiger partial charge in [0.2, 0.25) is 0 Å². The van der Waals surface area contributed by atoms with Crippen LogP contribution in [-0.4, -0.2) is 29.8 Å². The van der Waals surface area contributed by atoms with Gasteiger partial charge in [0.25, 0.3) is 5.91 Å². The molecule has 2 rings (SSSR count). The Kier molecular flexibility index (Phi) is 3.88. The zero-order chi connectivity index (χ0) is 15.6. The van der Waals surface area contributed by atoms with Gasteiger partial charge in [0.15, 0.2) is 5.69 Å². The molecule has 0 atom stereocenters. The van der Waals surface area contributed by atoms with E-state index in [4.69, 9.17) is 4.74 Å². The predicted molar refractivity (Wildman–Crippen MR) is 68.5 cm³/mol. The van der Waals surface area contributed by atoms with Gasteiger partial charge < -0.3 is 10.1 Å². The SMILES string of the molecule is CNC(=O)c1cnn(-c2ccccc2OC)c1C(F)(F)F. The number of rotatable bonds is 3. The molecule has 0 fully saturated rings. The summed E-state index contributed by atoms with van der Waals surface area (Å²) in [7, 11) is 2.60. The Hall–Kier alpha value is -2.51. The first-order valence-electron chi connectivity index (χ1n) is 5.90. The molecule has 0 radical (unpaired) electrons. The van der Waals surface area contributed by atoms with Gasteiger partial charge in [0.1, 0.15) is 11.4 Å². The van der Waals surface area contributed by atoms with Crippen molar-refractivity contribution in [3.8, 4) is 11.4 Å². The van der Waals surface area contributed by atoms with Crippen molar-refractivity contribution in [3.63, 3.8) is 0 Å². The molecule has 0 aliphatic carbocycles. The lowest BCUT2D eigenvalue weighted by Gasteiger charge is -2.14. The van der Waals surface area contributed by atoms with Gasteiger partial charge in [-0.2, -0.15) is 18.3 Å². The smallest absolute Gasteiger partial charge is 0.434 e. The summed E-state index contributed by atoms with van der Waals surface area (Å²) in [6, 6.07) is 6.11. The first-order valence-corrected chi connectivity index (χ1v) is 5.90. The van der Waals surface area contributed by atoms with Crippen LogP contribution in [0, 0.1) is 0 Å². The first-order chi connectivity index (χ1) is 9.90. The minimum Gasteiger partial charge on any atom is -0.494 e. The van der Waals surface area contributed by atoms with Crippen LogP contribution in [0.2, 0.25) is 0 Å². The molecule has 5 nitrogen and oxygen atoms in total. The number of aromatic nitrogens is 2. The van der Waals surface area contributed by atoms with E-state index in [1.165, 1.54) is 26.3 Å². The molecule has 1 N–H and O–H groups in total. The van der Waals surface area contributed by atoms with Crippen molar-refractivity contribution in [1.82, 2.24) is 15.1 Å². The fourth-order valence-corrected chi connectivity index (χ4v) is 1.91. The van der Waals surface area contributed by atoms with Gasteiger partial charge >= 0.3 is 6.18 Å². The summed E-state index contributed by atoms with van der Waals surface area (Å²) in [5.41, 5.74) is -1.59. The van der Waals surface area contributed by atoms with Crippen LogP contribution in [0.4, 0.5) is 13.2 Å². The number of amides is 1. The zero-order valence-electron chi connectivity index (χ0n) is 11.2. The van der Waals surface area contributed by atoms with Crippen LogP contribution in [0.3, 0.4) is 0 Å². The van der Waals surface area contributed by atoms with Gasteiger partial charge in [-0.25, -0.2) is 4.68 Å². The predicted octanol–water partition coefficient (Wildman–Crippen LogP) is 2.26. The standard InChI is InChI=1S/C13H12F3N3O2/c1-17-12(20)8-7-18-19(11(8)13(14,15)16)9-5-3-4-6-10(9)21-2/h3-7H,1-2H3,(H,17,20). The van der Waals surface area contributed by atoms with Crippen molar-refractivity contribution >= 4 is 5.91 Å². The summed E-state index contributed by atoms with van der Waals surface area (Å²) in [6.45, 7) is 0. The number of benzene rings is 1. The van der Waals surface area contributed by atoms with Crippen molar-refractivity contribution in [2.24, 2.45) is 0 Å². The maximum atomic E-state index is 13.3. The van der Waals surface area contributed by atoms with Crippen LogP contribution in [-0.2, 0) is 6.18 Å². The summed E-state index contributed by atoms with van der Waals surface area (Å²) in [5.74, 6) is -0.641. The summed E-state index contributed by atoms with van der Waals surface area (Å²) in [4.78, 5) is 11.6. The highest BCUT2D eigenvalue weighted by molar-refractivity contribution is 5.95. The summed E-state index contributed by atoms with van der Waals surface area (Å²) in [5, 5.41) is 5.85. The molecule has 0 aliphatic rings. The molecule has 21 heavy (non-hydrogen) atoms. The monoisotopic (exact) mass is 299 g/mol. The Morgan fingerprint density at radius 3 is 2.57 bits per heavy atom. The molecule has 1 aromatic carbocycles. The molecular formula is C13H12F3N3O2. The molecule has 112 valence electrons. The Morgan fingerprint density at radius 1 is 1.33 bits per heavy atom. The van der Waals surface area contributed by atoms with E-state index < -0.39 is 23.3 Å². The van der Waals surface area contributed by atoms with Gasteiger partial charge in [0.05, 0.1) is 18.9 Å². The molecule has 1 heterocycles. The minimum absolute atomic E-state index is 0.0995. The normalized spacial score (nSPS) is 11.3. The van der Waals surface area contributed by atoms with Crippen LogP contribution in [0.25, 0.3) is 5.69 Å².